The molecule has 0 aliphatic heterocycles. The van der Waals surface area contributed by atoms with Gasteiger partial charge < -0.3 is 5.11 Å². The van der Waals surface area contributed by atoms with Gasteiger partial charge in [-0.15, -0.1) is 0 Å². The first-order valence-corrected chi connectivity index (χ1v) is 8.69. The van der Waals surface area contributed by atoms with Gasteiger partial charge in [-0.05, 0) is 49.1 Å². The summed E-state index contributed by atoms with van der Waals surface area (Å²) in [6, 6.07) is 13.1. The van der Waals surface area contributed by atoms with E-state index < -0.39 is 0 Å². The second-order valence-corrected chi connectivity index (χ2v) is 6.67. The average molecular weight is 329 g/mol. The van der Waals surface area contributed by atoms with Crippen LogP contribution in [0.1, 0.15) is 42.0 Å². The molecule has 0 aliphatic carbocycles. The van der Waals surface area contributed by atoms with Crippen LogP contribution in [0.15, 0.2) is 42.5 Å². The van der Waals surface area contributed by atoms with E-state index in [-0.39, 0.29) is 11.9 Å². The topological polar surface area (TPSA) is 23.5 Å². The van der Waals surface area contributed by atoms with Crippen LogP contribution in [0.25, 0.3) is 0 Å². The number of hydrogen-bond acceptors (Lipinski definition) is 2. The number of aryl methyl sites for hydroxylation is 2. The van der Waals surface area contributed by atoms with E-state index in [1.165, 1.54) is 28.8 Å². The Bertz CT molecular complexity index is 639. The van der Waals surface area contributed by atoms with Crippen molar-refractivity contribution in [2.24, 2.45) is 0 Å². The van der Waals surface area contributed by atoms with Crippen molar-refractivity contribution < 1.29 is 9.50 Å². The van der Waals surface area contributed by atoms with Crippen LogP contribution >= 0.6 is 0 Å². The Morgan fingerprint density at radius 2 is 1.75 bits per heavy atom. The summed E-state index contributed by atoms with van der Waals surface area (Å²) in [5.74, 6) is -0.217. The lowest BCUT2D eigenvalue weighted by atomic mass is 10.0. The molecule has 0 spiro atoms. The van der Waals surface area contributed by atoms with Gasteiger partial charge in [0.15, 0.2) is 0 Å². The molecule has 130 valence electrons. The average Bonchev–Trinajstić information content (AvgIpc) is 2.52. The molecule has 1 N–H and O–H groups in total. The minimum absolute atomic E-state index is 0.217. The first-order chi connectivity index (χ1) is 11.5. The number of rotatable bonds is 8. The van der Waals surface area contributed by atoms with Gasteiger partial charge >= 0.3 is 0 Å². The van der Waals surface area contributed by atoms with E-state index in [1.807, 2.05) is 12.1 Å². The van der Waals surface area contributed by atoms with Crippen molar-refractivity contribution in [3.05, 3.63) is 70.5 Å². The van der Waals surface area contributed by atoms with Crippen LogP contribution in [0.3, 0.4) is 0 Å². The van der Waals surface area contributed by atoms with Crippen LogP contribution in [0.5, 0.6) is 0 Å². The SMILES string of the molecule is CCC[C@H](O)CN(Cc1ccc(F)cc1)Cc1ccc(C)cc1C. The van der Waals surface area contributed by atoms with E-state index in [0.717, 1.165) is 24.9 Å². The van der Waals surface area contributed by atoms with Crippen LogP contribution in [-0.2, 0) is 13.1 Å². The molecule has 1 atom stereocenters. The molecule has 0 saturated carbocycles. The summed E-state index contributed by atoms with van der Waals surface area (Å²) in [6.45, 7) is 8.41. The van der Waals surface area contributed by atoms with Gasteiger partial charge in [-0.1, -0.05) is 49.2 Å². The Labute approximate surface area is 144 Å². The Morgan fingerprint density at radius 1 is 1.04 bits per heavy atom. The molecule has 3 heteroatoms. The van der Waals surface area contributed by atoms with Gasteiger partial charge in [-0.25, -0.2) is 4.39 Å². The van der Waals surface area contributed by atoms with E-state index >= 15 is 0 Å². The Hall–Kier alpha value is -1.71. The standard InChI is InChI=1S/C21H28FNO/c1-4-5-21(24)15-23(13-18-7-10-20(22)11-8-18)14-19-9-6-16(2)12-17(19)3/h6-12,21,24H,4-5,13-15H2,1-3H3/t21-/m0/s1. The summed E-state index contributed by atoms with van der Waals surface area (Å²) in [5, 5.41) is 10.2. The maximum atomic E-state index is 13.1. The first-order valence-electron chi connectivity index (χ1n) is 8.69. The highest BCUT2D eigenvalue weighted by molar-refractivity contribution is 5.30. The second-order valence-electron chi connectivity index (χ2n) is 6.67. The first kappa shape index (κ1) is 18.6. The van der Waals surface area contributed by atoms with Gasteiger partial charge in [-0.3, -0.25) is 4.90 Å². The zero-order chi connectivity index (χ0) is 17.5. The third-order valence-corrected chi connectivity index (χ3v) is 4.30. The molecule has 0 fully saturated rings. The van der Waals surface area contributed by atoms with Crippen LogP contribution < -0.4 is 0 Å². The van der Waals surface area contributed by atoms with Crippen molar-refractivity contribution in [3.63, 3.8) is 0 Å². The molecule has 2 rings (SSSR count). The summed E-state index contributed by atoms with van der Waals surface area (Å²) in [7, 11) is 0. The second kappa shape index (κ2) is 8.95. The predicted molar refractivity (Wildman–Crippen MR) is 97.3 cm³/mol. The summed E-state index contributed by atoms with van der Waals surface area (Å²) >= 11 is 0. The minimum Gasteiger partial charge on any atom is -0.392 e. The van der Waals surface area contributed by atoms with Crippen molar-refractivity contribution >= 4 is 0 Å². The molecule has 0 saturated heterocycles. The fourth-order valence-electron chi connectivity index (χ4n) is 3.02. The molecular formula is C21H28FNO. The quantitative estimate of drug-likeness (QED) is 0.765. The van der Waals surface area contributed by atoms with Crippen LogP contribution in [-0.4, -0.2) is 22.7 Å². The maximum absolute atomic E-state index is 13.1. The van der Waals surface area contributed by atoms with Gasteiger partial charge in [0.25, 0.3) is 0 Å². The number of halogens is 1. The van der Waals surface area contributed by atoms with Gasteiger partial charge in [0.05, 0.1) is 6.10 Å². The zero-order valence-corrected chi connectivity index (χ0v) is 14.9. The highest BCUT2D eigenvalue weighted by atomic mass is 19.1. The smallest absolute Gasteiger partial charge is 0.123 e. The summed E-state index contributed by atoms with van der Waals surface area (Å²) < 4.78 is 13.1. The van der Waals surface area contributed by atoms with Gasteiger partial charge in [0.2, 0.25) is 0 Å². The molecule has 2 aromatic rings. The lowest BCUT2D eigenvalue weighted by Crippen LogP contribution is -2.32. The molecule has 0 unspecified atom stereocenters. The minimum atomic E-state index is -0.332. The molecule has 0 aromatic heterocycles. The number of benzene rings is 2. The van der Waals surface area contributed by atoms with E-state index in [4.69, 9.17) is 0 Å². The zero-order valence-electron chi connectivity index (χ0n) is 14.9. The number of hydrogen-bond donors (Lipinski definition) is 1. The van der Waals surface area contributed by atoms with Crippen molar-refractivity contribution in [1.29, 1.82) is 0 Å². The van der Waals surface area contributed by atoms with Gasteiger partial charge in [0, 0.05) is 19.6 Å². The lowest BCUT2D eigenvalue weighted by molar-refractivity contribution is 0.0969. The monoisotopic (exact) mass is 329 g/mol. The van der Waals surface area contributed by atoms with Gasteiger partial charge in [-0.2, -0.15) is 0 Å². The molecule has 2 nitrogen and oxygen atoms in total. The third kappa shape index (κ3) is 5.73. The Balaban J connectivity index is 2.13. The fourth-order valence-corrected chi connectivity index (χ4v) is 3.02. The highest BCUT2D eigenvalue weighted by Crippen LogP contribution is 2.16. The van der Waals surface area contributed by atoms with E-state index in [1.54, 1.807) is 0 Å². The molecule has 0 radical (unpaired) electrons. The summed E-state index contributed by atoms with van der Waals surface area (Å²) in [5.41, 5.74) is 4.85. The molecular weight excluding hydrogens is 301 g/mol. The summed E-state index contributed by atoms with van der Waals surface area (Å²) in [4.78, 5) is 2.24. The molecule has 0 heterocycles. The fraction of sp³-hybridized carbons (Fsp3) is 0.429. The normalized spacial score (nSPS) is 12.6. The Morgan fingerprint density at radius 3 is 2.38 bits per heavy atom. The molecule has 24 heavy (non-hydrogen) atoms. The van der Waals surface area contributed by atoms with Crippen molar-refractivity contribution in [2.75, 3.05) is 6.54 Å². The van der Waals surface area contributed by atoms with Crippen LogP contribution in [0, 0.1) is 19.7 Å². The number of nitrogens with zero attached hydrogens (tertiary/aromatic N) is 1. The molecule has 0 aliphatic rings. The van der Waals surface area contributed by atoms with Crippen molar-refractivity contribution in [2.45, 2.75) is 52.8 Å². The largest absolute Gasteiger partial charge is 0.392 e. The number of aliphatic hydroxyl groups excluding tert-OH is 1. The highest BCUT2D eigenvalue weighted by Gasteiger charge is 2.14. The maximum Gasteiger partial charge on any atom is 0.123 e. The third-order valence-electron chi connectivity index (χ3n) is 4.30. The van der Waals surface area contributed by atoms with E-state index in [9.17, 15) is 9.50 Å². The molecule has 0 amide bonds. The van der Waals surface area contributed by atoms with Crippen molar-refractivity contribution in [1.82, 2.24) is 4.90 Å². The van der Waals surface area contributed by atoms with Gasteiger partial charge in [0.1, 0.15) is 5.82 Å². The van der Waals surface area contributed by atoms with Crippen LogP contribution in [0.2, 0.25) is 0 Å². The lowest BCUT2D eigenvalue weighted by Gasteiger charge is -2.26. The van der Waals surface area contributed by atoms with E-state index in [0.29, 0.717) is 13.1 Å². The van der Waals surface area contributed by atoms with Crippen LogP contribution in [0.4, 0.5) is 4.39 Å². The van der Waals surface area contributed by atoms with E-state index in [2.05, 4.69) is 43.9 Å². The molecule has 0 bridgehead atoms. The summed E-state index contributed by atoms with van der Waals surface area (Å²) in [6.07, 6.45) is 1.43. The molecule has 2 aromatic carbocycles. The van der Waals surface area contributed by atoms with Crippen molar-refractivity contribution in [3.8, 4) is 0 Å². The number of aliphatic hydroxyl groups is 1. The predicted octanol–water partition coefficient (Wildman–Crippen LogP) is 4.61. The Kier molecular flexibility index (Phi) is 6.95.